The van der Waals surface area contributed by atoms with E-state index in [9.17, 15) is 18.0 Å². The van der Waals surface area contributed by atoms with Crippen LogP contribution in [0, 0.1) is 13.8 Å². The van der Waals surface area contributed by atoms with Crippen LogP contribution in [0.2, 0.25) is 0 Å². The predicted molar refractivity (Wildman–Crippen MR) is 97.1 cm³/mol. The third-order valence-corrected chi connectivity index (χ3v) is 5.91. The average Bonchev–Trinajstić information content (AvgIpc) is 2.89. The summed E-state index contributed by atoms with van der Waals surface area (Å²) in [4.78, 5) is 25.6. The van der Waals surface area contributed by atoms with Gasteiger partial charge in [0, 0.05) is 13.1 Å². The predicted octanol–water partition coefficient (Wildman–Crippen LogP) is 1.53. The zero-order valence-electron chi connectivity index (χ0n) is 15.3. The molecule has 1 N–H and O–H groups in total. The number of hydrogen-bond donors (Lipinski definition) is 1. The van der Waals surface area contributed by atoms with Gasteiger partial charge in [-0.2, -0.15) is 4.72 Å². The summed E-state index contributed by atoms with van der Waals surface area (Å²) in [5, 5.41) is 0. The van der Waals surface area contributed by atoms with Gasteiger partial charge in [-0.3, -0.25) is 9.59 Å². The van der Waals surface area contributed by atoms with Gasteiger partial charge in [-0.25, -0.2) is 8.42 Å². The van der Waals surface area contributed by atoms with E-state index < -0.39 is 22.5 Å². The highest BCUT2D eigenvalue weighted by Crippen LogP contribution is 2.14. The molecule has 1 amide bonds. The quantitative estimate of drug-likeness (QED) is 0.753. The number of carbonyl (C=O) groups is 2. The molecule has 0 aliphatic carbocycles. The number of nitrogens with one attached hydrogen (secondary N) is 1. The summed E-state index contributed by atoms with van der Waals surface area (Å²) >= 11 is 0. The van der Waals surface area contributed by atoms with Crippen molar-refractivity contribution in [2.75, 3.05) is 26.2 Å². The first-order valence-electron chi connectivity index (χ1n) is 8.80. The second kappa shape index (κ2) is 9.14. The molecule has 0 saturated carbocycles. The number of hydrogen-bond acceptors (Lipinski definition) is 5. The Morgan fingerprint density at radius 2 is 1.73 bits per heavy atom. The van der Waals surface area contributed by atoms with Crippen molar-refractivity contribution in [2.45, 2.75) is 44.4 Å². The lowest BCUT2D eigenvalue weighted by Gasteiger charge is -2.19. The van der Waals surface area contributed by atoms with Crippen LogP contribution in [0.25, 0.3) is 0 Å². The van der Waals surface area contributed by atoms with Gasteiger partial charge < -0.3 is 9.64 Å². The largest absolute Gasteiger partial charge is 0.455 e. The molecule has 1 fully saturated rings. The van der Waals surface area contributed by atoms with Crippen molar-refractivity contribution in [2.24, 2.45) is 0 Å². The van der Waals surface area contributed by atoms with Gasteiger partial charge in [-0.1, -0.05) is 18.9 Å². The highest BCUT2D eigenvalue weighted by molar-refractivity contribution is 7.89. The molecule has 0 unspecified atom stereocenters. The molecule has 8 heteroatoms. The standard InChI is InChI=1S/C18H26N2O5S/c1-14-7-8-16(11-15(14)2)26(23,24)19-12-18(22)25-13-17(21)20-9-5-3-4-6-10-20/h7-8,11,19H,3-6,9-10,12-13H2,1-2H3. The Labute approximate surface area is 154 Å². The number of nitrogens with zero attached hydrogens (tertiary/aromatic N) is 1. The number of aryl methyl sites for hydroxylation is 2. The molecule has 1 heterocycles. The highest BCUT2D eigenvalue weighted by Gasteiger charge is 2.19. The van der Waals surface area contributed by atoms with Gasteiger partial charge in [0.05, 0.1) is 4.90 Å². The molecule has 0 atom stereocenters. The van der Waals surface area contributed by atoms with Crippen LogP contribution in [-0.2, 0) is 24.3 Å². The van der Waals surface area contributed by atoms with Crippen molar-refractivity contribution in [1.82, 2.24) is 9.62 Å². The highest BCUT2D eigenvalue weighted by atomic mass is 32.2. The van der Waals surface area contributed by atoms with Crippen LogP contribution < -0.4 is 4.72 Å². The first-order valence-corrected chi connectivity index (χ1v) is 10.3. The van der Waals surface area contributed by atoms with Crippen molar-refractivity contribution < 1.29 is 22.7 Å². The minimum atomic E-state index is -3.80. The van der Waals surface area contributed by atoms with E-state index in [1.165, 1.54) is 6.07 Å². The Hall–Kier alpha value is -1.93. The lowest BCUT2D eigenvalue weighted by molar-refractivity contribution is -0.151. The first-order chi connectivity index (χ1) is 12.3. The fraction of sp³-hybridized carbons (Fsp3) is 0.556. The van der Waals surface area contributed by atoms with Gasteiger partial charge in [-0.15, -0.1) is 0 Å². The van der Waals surface area contributed by atoms with Gasteiger partial charge in [0.15, 0.2) is 6.61 Å². The van der Waals surface area contributed by atoms with Crippen molar-refractivity contribution in [3.05, 3.63) is 29.3 Å². The fourth-order valence-corrected chi connectivity index (χ4v) is 3.78. The maximum absolute atomic E-state index is 12.2. The van der Waals surface area contributed by atoms with Crippen molar-refractivity contribution >= 4 is 21.9 Å². The van der Waals surface area contributed by atoms with Gasteiger partial charge in [-0.05, 0) is 49.9 Å². The van der Waals surface area contributed by atoms with E-state index in [0.29, 0.717) is 13.1 Å². The topological polar surface area (TPSA) is 92.8 Å². The van der Waals surface area contributed by atoms with E-state index in [4.69, 9.17) is 4.74 Å². The first kappa shape index (κ1) is 20.4. The number of ether oxygens (including phenoxy) is 1. The monoisotopic (exact) mass is 382 g/mol. The smallest absolute Gasteiger partial charge is 0.321 e. The average molecular weight is 382 g/mol. The summed E-state index contributed by atoms with van der Waals surface area (Å²) in [6, 6.07) is 4.74. The van der Waals surface area contributed by atoms with E-state index >= 15 is 0 Å². The fourth-order valence-electron chi connectivity index (χ4n) is 2.72. The Balaban J connectivity index is 1.81. The van der Waals surface area contributed by atoms with Gasteiger partial charge in [0.2, 0.25) is 10.0 Å². The molecule has 1 aliphatic heterocycles. The van der Waals surface area contributed by atoms with Crippen LogP contribution in [0.15, 0.2) is 23.1 Å². The second-order valence-corrected chi connectivity index (χ2v) is 8.29. The molecule has 0 radical (unpaired) electrons. The van der Waals surface area contributed by atoms with E-state index in [-0.39, 0.29) is 17.4 Å². The van der Waals surface area contributed by atoms with E-state index in [1.54, 1.807) is 17.0 Å². The second-order valence-electron chi connectivity index (χ2n) is 6.53. The van der Waals surface area contributed by atoms with Crippen LogP contribution in [0.5, 0.6) is 0 Å². The Bertz CT molecular complexity index is 753. The molecule has 1 aliphatic rings. The normalized spacial score (nSPS) is 15.4. The number of carbonyl (C=O) groups excluding carboxylic acids is 2. The summed E-state index contributed by atoms with van der Waals surface area (Å²) < 4.78 is 31.6. The van der Waals surface area contributed by atoms with Crippen molar-refractivity contribution in [1.29, 1.82) is 0 Å². The van der Waals surface area contributed by atoms with E-state index in [0.717, 1.165) is 36.8 Å². The summed E-state index contributed by atoms with van der Waals surface area (Å²) in [5.74, 6) is -1.02. The molecule has 26 heavy (non-hydrogen) atoms. The zero-order chi connectivity index (χ0) is 19.2. The SMILES string of the molecule is Cc1ccc(S(=O)(=O)NCC(=O)OCC(=O)N2CCCCCC2)cc1C. The van der Waals surface area contributed by atoms with Gasteiger partial charge in [0.1, 0.15) is 6.54 Å². The minimum absolute atomic E-state index is 0.0917. The third-order valence-electron chi connectivity index (χ3n) is 4.51. The van der Waals surface area contributed by atoms with Crippen LogP contribution in [-0.4, -0.2) is 51.4 Å². The maximum atomic E-state index is 12.2. The van der Waals surface area contributed by atoms with Crippen molar-refractivity contribution in [3.8, 4) is 0 Å². The minimum Gasteiger partial charge on any atom is -0.455 e. The van der Waals surface area contributed by atoms with Crippen LogP contribution in [0.3, 0.4) is 0 Å². The summed E-state index contributed by atoms with van der Waals surface area (Å²) in [7, 11) is -3.80. The van der Waals surface area contributed by atoms with Gasteiger partial charge in [0.25, 0.3) is 5.91 Å². The molecule has 7 nitrogen and oxygen atoms in total. The molecular formula is C18H26N2O5S. The Kier molecular flexibility index (Phi) is 7.16. The summed E-state index contributed by atoms with van der Waals surface area (Å²) in [6.45, 7) is 4.19. The molecule has 0 spiro atoms. The number of sulfonamides is 1. The molecule has 1 aromatic rings. The number of benzene rings is 1. The number of amides is 1. The molecule has 2 rings (SSSR count). The van der Waals surface area contributed by atoms with Crippen LogP contribution in [0.1, 0.15) is 36.8 Å². The molecule has 0 aromatic heterocycles. The van der Waals surface area contributed by atoms with Crippen LogP contribution in [0.4, 0.5) is 0 Å². The number of rotatable bonds is 6. The number of likely N-dealkylation sites (tertiary alicyclic amines) is 1. The zero-order valence-corrected chi connectivity index (χ0v) is 16.1. The van der Waals surface area contributed by atoms with Crippen molar-refractivity contribution in [3.63, 3.8) is 0 Å². The summed E-state index contributed by atoms with van der Waals surface area (Å²) in [5.41, 5.74) is 1.83. The molecule has 1 aromatic carbocycles. The Morgan fingerprint density at radius 1 is 1.08 bits per heavy atom. The molecule has 1 saturated heterocycles. The van der Waals surface area contributed by atoms with Gasteiger partial charge >= 0.3 is 5.97 Å². The molecular weight excluding hydrogens is 356 g/mol. The third kappa shape index (κ3) is 5.81. The Morgan fingerprint density at radius 3 is 2.35 bits per heavy atom. The number of esters is 1. The molecule has 0 bridgehead atoms. The van der Waals surface area contributed by atoms with E-state index in [1.807, 2.05) is 13.8 Å². The van der Waals surface area contributed by atoms with E-state index in [2.05, 4.69) is 4.72 Å². The van der Waals surface area contributed by atoms with Crippen LogP contribution >= 0.6 is 0 Å². The summed E-state index contributed by atoms with van der Waals surface area (Å²) in [6.07, 6.45) is 4.11. The molecule has 144 valence electrons. The lowest BCUT2D eigenvalue weighted by Crippen LogP contribution is -2.37. The lowest BCUT2D eigenvalue weighted by atomic mass is 10.1. The maximum Gasteiger partial charge on any atom is 0.321 e.